The van der Waals surface area contributed by atoms with Crippen molar-refractivity contribution < 1.29 is 9.59 Å². The Morgan fingerprint density at radius 1 is 1.43 bits per heavy atom. The van der Waals surface area contributed by atoms with Gasteiger partial charge in [0.15, 0.2) is 5.78 Å². The van der Waals surface area contributed by atoms with Crippen LogP contribution in [-0.4, -0.2) is 16.6 Å². The molecule has 74 valence electrons. The second kappa shape index (κ2) is 4.00. The molecule has 14 heavy (non-hydrogen) atoms. The van der Waals surface area contributed by atoms with Crippen molar-refractivity contribution in [3.8, 4) is 0 Å². The molecule has 1 aromatic rings. The van der Waals surface area contributed by atoms with E-state index < -0.39 is 0 Å². The zero-order chi connectivity index (χ0) is 10.7. The number of nitrogens with two attached hydrogens (primary N) is 1. The molecule has 0 fully saturated rings. The molecule has 4 heteroatoms. The first-order chi connectivity index (χ1) is 6.50. The SMILES string of the molecule is CC(=O)CC(=O)c1nc(C)ccc1N. The van der Waals surface area contributed by atoms with E-state index >= 15 is 0 Å². The van der Waals surface area contributed by atoms with Gasteiger partial charge < -0.3 is 5.73 Å². The molecule has 0 saturated heterocycles. The quantitative estimate of drug-likeness (QED) is 0.575. The topological polar surface area (TPSA) is 73.0 Å². The molecule has 0 saturated carbocycles. The third kappa shape index (κ3) is 2.39. The second-order valence-electron chi connectivity index (χ2n) is 3.19. The van der Waals surface area contributed by atoms with Gasteiger partial charge in [-0.25, -0.2) is 4.98 Å². The van der Waals surface area contributed by atoms with Crippen molar-refractivity contribution in [2.24, 2.45) is 0 Å². The number of aromatic nitrogens is 1. The van der Waals surface area contributed by atoms with Crippen molar-refractivity contribution in [1.82, 2.24) is 4.98 Å². The Balaban J connectivity index is 3.00. The van der Waals surface area contributed by atoms with Gasteiger partial charge in [-0.2, -0.15) is 0 Å². The molecular weight excluding hydrogens is 180 g/mol. The van der Waals surface area contributed by atoms with Crippen LogP contribution in [0, 0.1) is 6.92 Å². The van der Waals surface area contributed by atoms with Gasteiger partial charge in [-0.05, 0) is 26.0 Å². The van der Waals surface area contributed by atoms with Crippen molar-refractivity contribution in [3.05, 3.63) is 23.5 Å². The molecule has 2 N–H and O–H groups in total. The average Bonchev–Trinajstić information content (AvgIpc) is 2.08. The molecule has 0 spiro atoms. The van der Waals surface area contributed by atoms with Gasteiger partial charge in [0.25, 0.3) is 0 Å². The summed E-state index contributed by atoms with van der Waals surface area (Å²) in [5, 5.41) is 0. The largest absolute Gasteiger partial charge is 0.397 e. The zero-order valence-electron chi connectivity index (χ0n) is 8.20. The Morgan fingerprint density at radius 2 is 2.07 bits per heavy atom. The lowest BCUT2D eigenvalue weighted by Crippen LogP contribution is -2.10. The highest BCUT2D eigenvalue weighted by Crippen LogP contribution is 2.11. The van der Waals surface area contributed by atoms with E-state index in [2.05, 4.69) is 4.98 Å². The summed E-state index contributed by atoms with van der Waals surface area (Å²) in [6.07, 6.45) is -0.138. The number of hydrogen-bond acceptors (Lipinski definition) is 4. The lowest BCUT2D eigenvalue weighted by atomic mass is 10.1. The third-order valence-electron chi connectivity index (χ3n) is 1.74. The molecule has 0 amide bonds. The molecule has 1 aromatic heterocycles. The lowest BCUT2D eigenvalue weighted by molar-refractivity contribution is -0.116. The van der Waals surface area contributed by atoms with Crippen LogP contribution in [0.4, 0.5) is 5.69 Å². The molecule has 0 aliphatic carbocycles. The average molecular weight is 192 g/mol. The third-order valence-corrected chi connectivity index (χ3v) is 1.74. The van der Waals surface area contributed by atoms with Gasteiger partial charge in [0.2, 0.25) is 0 Å². The fourth-order valence-electron chi connectivity index (χ4n) is 1.10. The highest BCUT2D eigenvalue weighted by molar-refractivity contribution is 6.08. The first kappa shape index (κ1) is 10.4. The van der Waals surface area contributed by atoms with Gasteiger partial charge in [-0.1, -0.05) is 0 Å². The predicted octanol–water partition coefficient (Wildman–Crippen LogP) is 1.13. The molecule has 0 aliphatic heterocycles. The highest BCUT2D eigenvalue weighted by Gasteiger charge is 2.13. The number of carbonyl (C=O) groups is 2. The summed E-state index contributed by atoms with van der Waals surface area (Å²) >= 11 is 0. The summed E-state index contributed by atoms with van der Waals surface area (Å²) in [5.41, 5.74) is 6.80. The van der Waals surface area contributed by atoms with E-state index in [4.69, 9.17) is 5.73 Å². The number of carbonyl (C=O) groups excluding carboxylic acids is 2. The van der Waals surface area contributed by atoms with E-state index in [1.807, 2.05) is 0 Å². The molecule has 1 rings (SSSR count). The minimum Gasteiger partial charge on any atom is -0.397 e. The van der Waals surface area contributed by atoms with Gasteiger partial charge in [-0.15, -0.1) is 0 Å². The molecule has 0 radical (unpaired) electrons. The maximum absolute atomic E-state index is 11.5. The fourth-order valence-corrected chi connectivity index (χ4v) is 1.10. The number of aryl methyl sites for hydroxylation is 1. The van der Waals surface area contributed by atoms with E-state index in [0.717, 1.165) is 0 Å². The summed E-state index contributed by atoms with van der Waals surface area (Å²) in [6, 6.07) is 3.34. The van der Waals surface area contributed by atoms with Crippen LogP contribution in [0.2, 0.25) is 0 Å². The molecular formula is C10H12N2O2. The molecule has 4 nitrogen and oxygen atoms in total. The molecule has 0 unspecified atom stereocenters. The van der Waals surface area contributed by atoms with E-state index in [0.29, 0.717) is 11.4 Å². The summed E-state index contributed by atoms with van der Waals surface area (Å²) < 4.78 is 0. The number of rotatable bonds is 3. The summed E-state index contributed by atoms with van der Waals surface area (Å²) in [6.45, 7) is 3.13. The Morgan fingerprint density at radius 3 is 2.64 bits per heavy atom. The van der Waals surface area contributed by atoms with Crippen LogP contribution in [0.5, 0.6) is 0 Å². The van der Waals surface area contributed by atoms with Crippen LogP contribution in [0.3, 0.4) is 0 Å². The summed E-state index contributed by atoms with van der Waals surface area (Å²) in [5.74, 6) is -0.503. The number of hydrogen-bond donors (Lipinski definition) is 1. The fraction of sp³-hybridized carbons (Fsp3) is 0.300. The predicted molar refractivity (Wildman–Crippen MR) is 53.0 cm³/mol. The van der Waals surface area contributed by atoms with Crippen LogP contribution in [0.1, 0.15) is 29.5 Å². The standard InChI is InChI=1S/C10H12N2O2/c1-6-3-4-8(11)10(12-6)9(14)5-7(2)13/h3-4H,5,11H2,1-2H3. The minimum absolute atomic E-state index is 0.138. The Labute approximate surface area is 82.1 Å². The lowest BCUT2D eigenvalue weighted by Gasteiger charge is -2.03. The summed E-state index contributed by atoms with van der Waals surface area (Å²) in [4.78, 5) is 26.2. The Kier molecular flexibility index (Phi) is 2.96. The van der Waals surface area contributed by atoms with E-state index in [1.54, 1.807) is 19.1 Å². The maximum atomic E-state index is 11.5. The minimum atomic E-state index is -0.321. The second-order valence-corrected chi connectivity index (χ2v) is 3.19. The van der Waals surface area contributed by atoms with Crippen LogP contribution in [-0.2, 0) is 4.79 Å². The van der Waals surface area contributed by atoms with Gasteiger partial charge in [0, 0.05) is 5.69 Å². The summed E-state index contributed by atoms with van der Waals surface area (Å²) in [7, 11) is 0. The van der Waals surface area contributed by atoms with Crippen molar-refractivity contribution in [3.63, 3.8) is 0 Å². The number of anilines is 1. The van der Waals surface area contributed by atoms with Crippen molar-refractivity contribution in [1.29, 1.82) is 0 Å². The van der Waals surface area contributed by atoms with Crippen molar-refractivity contribution in [2.75, 3.05) is 5.73 Å². The number of nitrogen functional groups attached to an aromatic ring is 1. The molecule has 1 heterocycles. The van der Waals surface area contributed by atoms with Gasteiger partial charge >= 0.3 is 0 Å². The van der Waals surface area contributed by atoms with Gasteiger partial charge in [-0.3, -0.25) is 9.59 Å². The molecule has 0 aromatic carbocycles. The first-order valence-electron chi connectivity index (χ1n) is 4.26. The van der Waals surface area contributed by atoms with Gasteiger partial charge in [0.1, 0.15) is 11.5 Å². The van der Waals surface area contributed by atoms with E-state index in [-0.39, 0.29) is 23.7 Å². The molecule has 0 aliphatic rings. The van der Waals surface area contributed by atoms with Crippen molar-refractivity contribution in [2.45, 2.75) is 20.3 Å². The van der Waals surface area contributed by atoms with Gasteiger partial charge in [0.05, 0.1) is 12.1 Å². The highest BCUT2D eigenvalue weighted by atomic mass is 16.1. The molecule has 0 bridgehead atoms. The number of Topliss-reactive ketones (excluding diaryl/α,β-unsaturated/α-hetero) is 2. The number of ketones is 2. The monoisotopic (exact) mass is 192 g/mol. The van der Waals surface area contributed by atoms with Crippen LogP contribution in [0.15, 0.2) is 12.1 Å². The van der Waals surface area contributed by atoms with Crippen LogP contribution < -0.4 is 5.73 Å². The van der Waals surface area contributed by atoms with Crippen LogP contribution in [0.25, 0.3) is 0 Å². The number of pyridine rings is 1. The van der Waals surface area contributed by atoms with E-state index in [1.165, 1.54) is 6.92 Å². The Hall–Kier alpha value is -1.71. The smallest absolute Gasteiger partial charge is 0.190 e. The Bertz CT molecular complexity index is 386. The maximum Gasteiger partial charge on any atom is 0.190 e. The van der Waals surface area contributed by atoms with Crippen molar-refractivity contribution >= 4 is 17.3 Å². The van der Waals surface area contributed by atoms with E-state index in [9.17, 15) is 9.59 Å². The number of nitrogens with zero attached hydrogens (tertiary/aromatic N) is 1. The first-order valence-corrected chi connectivity index (χ1v) is 4.26. The normalized spacial score (nSPS) is 9.86. The zero-order valence-corrected chi connectivity index (χ0v) is 8.20. The molecule has 0 atom stereocenters. The van der Waals surface area contributed by atoms with Crippen LogP contribution >= 0.6 is 0 Å².